The molecule has 52 valence electrons. The summed E-state index contributed by atoms with van der Waals surface area (Å²) >= 11 is 0. The number of rotatable bonds is 1. The van der Waals surface area contributed by atoms with Gasteiger partial charge in [0, 0.05) is 0 Å². The lowest BCUT2D eigenvalue weighted by atomic mass is 10.4. The SMILES string of the molecule is C=C[N+]1([O-])CCOCC1. The van der Waals surface area contributed by atoms with Crippen molar-refractivity contribution >= 4 is 0 Å². The molecule has 0 unspecified atom stereocenters. The van der Waals surface area contributed by atoms with Crippen LogP contribution in [0.1, 0.15) is 0 Å². The van der Waals surface area contributed by atoms with Crippen molar-refractivity contribution in [2.75, 3.05) is 26.3 Å². The van der Waals surface area contributed by atoms with Gasteiger partial charge in [-0.3, -0.25) is 0 Å². The Morgan fingerprint density at radius 3 is 2.33 bits per heavy atom. The highest BCUT2D eigenvalue weighted by molar-refractivity contribution is 4.60. The molecule has 1 aliphatic rings. The molecule has 3 nitrogen and oxygen atoms in total. The van der Waals surface area contributed by atoms with E-state index in [-0.39, 0.29) is 4.65 Å². The van der Waals surface area contributed by atoms with Crippen LogP contribution in [-0.4, -0.2) is 30.9 Å². The molecule has 9 heavy (non-hydrogen) atoms. The lowest BCUT2D eigenvalue weighted by molar-refractivity contribution is -0.838. The molecule has 1 aliphatic heterocycles. The Morgan fingerprint density at radius 1 is 1.44 bits per heavy atom. The number of hydrogen-bond donors (Lipinski definition) is 0. The topological polar surface area (TPSA) is 32.3 Å². The summed E-state index contributed by atoms with van der Waals surface area (Å²) in [7, 11) is 0. The van der Waals surface area contributed by atoms with Crippen molar-refractivity contribution < 1.29 is 9.38 Å². The van der Waals surface area contributed by atoms with Gasteiger partial charge in [0.05, 0.1) is 19.4 Å². The predicted octanol–water partition coefficient (Wildman–Crippen LogP) is 0.475. The van der Waals surface area contributed by atoms with E-state index in [2.05, 4.69) is 6.58 Å². The van der Waals surface area contributed by atoms with Gasteiger partial charge in [-0.25, -0.2) is 0 Å². The minimum atomic E-state index is -0.292. The number of quaternary nitrogens is 1. The summed E-state index contributed by atoms with van der Waals surface area (Å²) in [5.41, 5.74) is 0. The molecule has 0 N–H and O–H groups in total. The van der Waals surface area contributed by atoms with Gasteiger partial charge in [0.2, 0.25) is 0 Å². The van der Waals surface area contributed by atoms with Crippen LogP contribution in [-0.2, 0) is 4.74 Å². The molecule has 0 aromatic carbocycles. The van der Waals surface area contributed by atoms with E-state index in [9.17, 15) is 5.21 Å². The van der Waals surface area contributed by atoms with Gasteiger partial charge in [0.25, 0.3) is 0 Å². The van der Waals surface area contributed by atoms with Gasteiger partial charge in [0.15, 0.2) is 0 Å². The van der Waals surface area contributed by atoms with Crippen LogP contribution in [0.4, 0.5) is 0 Å². The van der Waals surface area contributed by atoms with Crippen molar-refractivity contribution in [3.05, 3.63) is 18.0 Å². The standard InChI is InChI=1S/C6H11NO2/c1-2-7(8)3-5-9-6-4-7/h2H,1,3-6H2. The van der Waals surface area contributed by atoms with Crippen molar-refractivity contribution in [3.63, 3.8) is 0 Å². The maximum atomic E-state index is 11.2. The molecule has 0 bridgehead atoms. The number of hydrogen-bond acceptors (Lipinski definition) is 2. The lowest BCUT2D eigenvalue weighted by Gasteiger charge is -2.41. The molecule has 0 atom stereocenters. The fourth-order valence-corrected chi connectivity index (χ4v) is 0.835. The second-order valence-corrected chi connectivity index (χ2v) is 2.19. The van der Waals surface area contributed by atoms with Gasteiger partial charge in [-0.05, 0) is 6.58 Å². The highest BCUT2D eigenvalue weighted by Crippen LogP contribution is 2.07. The minimum Gasteiger partial charge on any atom is -0.628 e. The molecule has 0 spiro atoms. The van der Waals surface area contributed by atoms with Crippen LogP contribution in [0.15, 0.2) is 12.8 Å². The van der Waals surface area contributed by atoms with Crippen LogP contribution in [0.2, 0.25) is 0 Å². The average molecular weight is 129 g/mol. The van der Waals surface area contributed by atoms with Crippen molar-refractivity contribution in [2.45, 2.75) is 0 Å². The molecule has 0 aliphatic carbocycles. The Bertz CT molecular complexity index is 108. The third-order valence-corrected chi connectivity index (χ3v) is 1.56. The Kier molecular flexibility index (Phi) is 1.85. The summed E-state index contributed by atoms with van der Waals surface area (Å²) in [5.74, 6) is 0. The number of nitrogens with zero attached hydrogens (tertiary/aromatic N) is 1. The first kappa shape index (κ1) is 6.74. The monoisotopic (exact) mass is 129 g/mol. The minimum absolute atomic E-state index is 0.292. The van der Waals surface area contributed by atoms with Crippen LogP contribution < -0.4 is 0 Å². The normalized spacial score (nSPS) is 25.4. The fraction of sp³-hybridized carbons (Fsp3) is 0.667. The Hall–Kier alpha value is -0.380. The van der Waals surface area contributed by atoms with Crippen LogP contribution in [0.3, 0.4) is 0 Å². The average Bonchev–Trinajstić information content (AvgIpc) is 1.90. The van der Waals surface area contributed by atoms with E-state index in [0.29, 0.717) is 26.3 Å². The third kappa shape index (κ3) is 1.51. The molecule has 0 amide bonds. The van der Waals surface area contributed by atoms with Crippen LogP contribution >= 0.6 is 0 Å². The van der Waals surface area contributed by atoms with Crippen molar-refractivity contribution in [1.29, 1.82) is 0 Å². The molecule has 1 fully saturated rings. The highest BCUT2D eigenvalue weighted by atomic mass is 16.6. The quantitative estimate of drug-likeness (QED) is 0.381. The summed E-state index contributed by atoms with van der Waals surface area (Å²) in [5, 5.41) is 11.2. The van der Waals surface area contributed by atoms with Crippen LogP contribution in [0.25, 0.3) is 0 Å². The second kappa shape index (κ2) is 2.47. The largest absolute Gasteiger partial charge is 0.628 e. The molecule has 0 saturated carbocycles. The summed E-state index contributed by atoms with van der Waals surface area (Å²) < 4.78 is 4.71. The van der Waals surface area contributed by atoms with Gasteiger partial charge < -0.3 is 14.6 Å². The lowest BCUT2D eigenvalue weighted by Crippen LogP contribution is -2.45. The highest BCUT2D eigenvalue weighted by Gasteiger charge is 2.16. The van der Waals surface area contributed by atoms with Crippen molar-refractivity contribution in [1.82, 2.24) is 0 Å². The molecule has 0 aromatic rings. The zero-order valence-electron chi connectivity index (χ0n) is 5.38. The maximum absolute atomic E-state index is 11.2. The molecule has 0 aromatic heterocycles. The fourth-order valence-electron chi connectivity index (χ4n) is 0.835. The van der Waals surface area contributed by atoms with E-state index in [1.807, 2.05) is 0 Å². The Labute approximate surface area is 54.7 Å². The van der Waals surface area contributed by atoms with Gasteiger partial charge in [-0.1, -0.05) is 0 Å². The van der Waals surface area contributed by atoms with Gasteiger partial charge in [0.1, 0.15) is 13.1 Å². The molecule has 1 saturated heterocycles. The molecule has 1 rings (SSSR count). The van der Waals surface area contributed by atoms with E-state index in [4.69, 9.17) is 4.74 Å². The molecular weight excluding hydrogens is 118 g/mol. The van der Waals surface area contributed by atoms with Gasteiger partial charge >= 0.3 is 0 Å². The molecule has 1 heterocycles. The molecular formula is C6H11NO2. The van der Waals surface area contributed by atoms with E-state index in [0.717, 1.165) is 0 Å². The zero-order chi connectivity index (χ0) is 6.74. The predicted molar refractivity (Wildman–Crippen MR) is 34.4 cm³/mol. The van der Waals surface area contributed by atoms with Crippen molar-refractivity contribution in [3.8, 4) is 0 Å². The number of ether oxygens (including phenoxy) is 1. The van der Waals surface area contributed by atoms with Gasteiger partial charge in [-0.15, -0.1) is 0 Å². The first-order chi connectivity index (χ1) is 4.27. The van der Waals surface area contributed by atoms with E-state index in [1.54, 1.807) is 0 Å². The number of hydroxylamine groups is 3. The van der Waals surface area contributed by atoms with Gasteiger partial charge in [-0.2, -0.15) is 0 Å². The second-order valence-electron chi connectivity index (χ2n) is 2.19. The smallest absolute Gasteiger partial charge is 0.106 e. The van der Waals surface area contributed by atoms with Crippen molar-refractivity contribution in [2.24, 2.45) is 0 Å². The summed E-state index contributed by atoms with van der Waals surface area (Å²) in [4.78, 5) is 0. The summed E-state index contributed by atoms with van der Waals surface area (Å²) in [6.07, 6.45) is 1.43. The molecule has 3 heteroatoms. The summed E-state index contributed by atoms with van der Waals surface area (Å²) in [6, 6.07) is 0. The van der Waals surface area contributed by atoms with E-state index in [1.165, 1.54) is 6.20 Å². The first-order valence-electron chi connectivity index (χ1n) is 3.06. The number of morpholine rings is 1. The first-order valence-corrected chi connectivity index (χ1v) is 3.06. The van der Waals surface area contributed by atoms with Crippen LogP contribution in [0, 0.1) is 5.21 Å². The van der Waals surface area contributed by atoms with Crippen LogP contribution in [0.5, 0.6) is 0 Å². The Balaban J connectivity index is 2.46. The maximum Gasteiger partial charge on any atom is 0.106 e. The van der Waals surface area contributed by atoms with E-state index < -0.39 is 0 Å². The third-order valence-electron chi connectivity index (χ3n) is 1.56. The van der Waals surface area contributed by atoms with E-state index >= 15 is 0 Å². The zero-order valence-corrected chi connectivity index (χ0v) is 5.38. The Morgan fingerprint density at radius 2 is 2.00 bits per heavy atom. The molecule has 0 radical (unpaired) electrons. The summed E-state index contributed by atoms with van der Waals surface area (Å²) in [6.45, 7) is 5.62.